The fraction of sp³-hybridized carbons (Fsp3) is 0.400. The molecule has 0 bridgehead atoms. The molecule has 0 aliphatic carbocycles. The van der Waals surface area contributed by atoms with Crippen molar-refractivity contribution < 1.29 is 4.74 Å². The lowest BCUT2D eigenvalue weighted by Crippen LogP contribution is -2.30. The largest absolute Gasteiger partial charge is 0.497 e. The Kier molecular flexibility index (Phi) is 5.39. The smallest absolute Gasteiger partial charge is 0.119 e. The van der Waals surface area contributed by atoms with Crippen LogP contribution < -0.4 is 16.0 Å². The van der Waals surface area contributed by atoms with Gasteiger partial charge in [-0.25, -0.2) is 0 Å². The second-order valence-electron chi connectivity index (χ2n) is 4.91. The van der Waals surface area contributed by atoms with Gasteiger partial charge in [-0.15, -0.1) is 0 Å². The molecule has 0 amide bonds. The Morgan fingerprint density at radius 3 is 2.76 bits per heavy atom. The van der Waals surface area contributed by atoms with Crippen LogP contribution in [-0.4, -0.2) is 16.9 Å². The van der Waals surface area contributed by atoms with Crippen LogP contribution in [0.4, 0.5) is 0 Å². The minimum absolute atomic E-state index is 0.0189. The summed E-state index contributed by atoms with van der Waals surface area (Å²) < 4.78 is 8.21. The van der Waals surface area contributed by atoms with Crippen LogP contribution in [0.15, 0.2) is 28.7 Å². The normalized spacial score (nSPS) is 12.4. The summed E-state index contributed by atoms with van der Waals surface area (Å²) >= 11 is 3.58. The number of aryl methyl sites for hydroxylation is 2. The Labute approximate surface area is 133 Å². The van der Waals surface area contributed by atoms with Crippen LogP contribution in [0.25, 0.3) is 0 Å². The summed E-state index contributed by atoms with van der Waals surface area (Å²) in [6.45, 7) is 2.10. The van der Waals surface area contributed by atoms with E-state index in [0.29, 0.717) is 0 Å². The van der Waals surface area contributed by atoms with E-state index >= 15 is 0 Å². The van der Waals surface area contributed by atoms with Crippen molar-refractivity contribution in [2.75, 3.05) is 7.11 Å². The number of methoxy groups -OCH3 is 1. The Morgan fingerprint density at radius 2 is 2.19 bits per heavy atom. The quantitative estimate of drug-likeness (QED) is 0.619. The molecule has 6 heteroatoms. The van der Waals surface area contributed by atoms with Crippen molar-refractivity contribution >= 4 is 15.9 Å². The number of halogens is 1. The molecule has 2 aromatic rings. The van der Waals surface area contributed by atoms with Crippen LogP contribution in [0.1, 0.15) is 29.9 Å². The summed E-state index contributed by atoms with van der Waals surface area (Å²) in [6, 6.07) is 7.98. The molecule has 114 valence electrons. The maximum absolute atomic E-state index is 5.76. The molecule has 0 saturated carbocycles. The Morgan fingerprint density at radius 1 is 1.43 bits per heavy atom. The zero-order valence-corrected chi connectivity index (χ0v) is 14.1. The lowest BCUT2D eigenvalue weighted by molar-refractivity contribution is 0.412. The molecule has 0 aliphatic heterocycles. The van der Waals surface area contributed by atoms with Crippen molar-refractivity contribution in [1.82, 2.24) is 15.2 Å². The van der Waals surface area contributed by atoms with Gasteiger partial charge < -0.3 is 4.74 Å². The molecule has 21 heavy (non-hydrogen) atoms. The van der Waals surface area contributed by atoms with E-state index in [9.17, 15) is 0 Å². The van der Waals surface area contributed by atoms with Gasteiger partial charge in [-0.3, -0.25) is 16.0 Å². The monoisotopic (exact) mass is 352 g/mol. The van der Waals surface area contributed by atoms with Gasteiger partial charge in [-0.2, -0.15) is 5.10 Å². The lowest BCUT2D eigenvalue weighted by atomic mass is 10.0. The van der Waals surface area contributed by atoms with Crippen LogP contribution in [-0.2, 0) is 19.9 Å². The summed E-state index contributed by atoms with van der Waals surface area (Å²) in [4.78, 5) is 0. The van der Waals surface area contributed by atoms with Crippen molar-refractivity contribution in [2.24, 2.45) is 12.9 Å². The molecule has 0 aliphatic rings. The minimum atomic E-state index is -0.0189. The van der Waals surface area contributed by atoms with E-state index in [4.69, 9.17) is 10.6 Å². The van der Waals surface area contributed by atoms with Crippen molar-refractivity contribution in [1.29, 1.82) is 0 Å². The third kappa shape index (κ3) is 3.64. The van der Waals surface area contributed by atoms with Gasteiger partial charge >= 0.3 is 0 Å². The predicted molar refractivity (Wildman–Crippen MR) is 87.0 cm³/mol. The van der Waals surface area contributed by atoms with Crippen LogP contribution >= 0.6 is 15.9 Å². The van der Waals surface area contributed by atoms with Crippen molar-refractivity contribution in [2.45, 2.75) is 25.8 Å². The van der Waals surface area contributed by atoms with Crippen LogP contribution in [0.3, 0.4) is 0 Å². The molecule has 0 saturated heterocycles. The van der Waals surface area contributed by atoms with E-state index in [1.165, 1.54) is 0 Å². The zero-order valence-electron chi connectivity index (χ0n) is 12.6. The number of hydrazine groups is 1. The molecule has 1 unspecified atom stereocenters. The molecule has 5 nitrogen and oxygen atoms in total. The molecule has 1 heterocycles. The van der Waals surface area contributed by atoms with Crippen LogP contribution in [0, 0.1) is 0 Å². The van der Waals surface area contributed by atoms with Gasteiger partial charge in [-0.1, -0.05) is 22.9 Å². The fourth-order valence-corrected chi connectivity index (χ4v) is 2.84. The van der Waals surface area contributed by atoms with Gasteiger partial charge in [0, 0.05) is 23.6 Å². The number of nitrogens with one attached hydrogen (secondary N) is 1. The average Bonchev–Trinajstić information content (AvgIpc) is 2.86. The zero-order chi connectivity index (χ0) is 15.4. The first-order valence-corrected chi connectivity index (χ1v) is 7.69. The van der Waals surface area contributed by atoms with E-state index in [1.54, 1.807) is 7.11 Å². The van der Waals surface area contributed by atoms with E-state index < -0.39 is 0 Å². The highest BCUT2D eigenvalue weighted by atomic mass is 79.9. The third-order valence-electron chi connectivity index (χ3n) is 3.58. The van der Waals surface area contributed by atoms with Gasteiger partial charge in [-0.05, 0) is 36.2 Å². The molecule has 0 spiro atoms. The van der Waals surface area contributed by atoms with Crippen molar-refractivity contribution in [3.63, 3.8) is 0 Å². The number of hydrogen-bond acceptors (Lipinski definition) is 4. The number of nitrogens with two attached hydrogens (primary N) is 1. The number of ether oxygens (including phenoxy) is 1. The molecule has 1 aromatic carbocycles. The van der Waals surface area contributed by atoms with Gasteiger partial charge in [0.25, 0.3) is 0 Å². The average molecular weight is 353 g/mol. The first-order chi connectivity index (χ1) is 10.1. The fourth-order valence-electron chi connectivity index (χ4n) is 2.32. The lowest BCUT2D eigenvalue weighted by Gasteiger charge is -2.18. The molecule has 3 N–H and O–H groups in total. The van der Waals surface area contributed by atoms with Crippen molar-refractivity contribution in [3.8, 4) is 5.75 Å². The van der Waals surface area contributed by atoms with E-state index in [2.05, 4.69) is 39.4 Å². The van der Waals surface area contributed by atoms with E-state index in [-0.39, 0.29) is 6.04 Å². The van der Waals surface area contributed by atoms with Crippen molar-refractivity contribution in [3.05, 3.63) is 45.7 Å². The summed E-state index contributed by atoms with van der Waals surface area (Å²) in [7, 11) is 3.62. The van der Waals surface area contributed by atoms with Crippen LogP contribution in [0.5, 0.6) is 5.75 Å². The Balaban J connectivity index is 2.29. The molecule has 1 aromatic heterocycles. The SMILES string of the molecule is CCc1cc(CC(NN)c2cc(OC)ccc2Br)n(C)n1. The topological polar surface area (TPSA) is 65.1 Å². The molecular formula is C15H21BrN4O. The molecule has 0 radical (unpaired) electrons. The second kappa shape index (κ2) is 7.06. The Hall–Kier alpha value is -1.37. The predicted octanol–water partition coefficient (Wildman–Crippen LogP) is 2.50. The highest BCUT2D eigenvalue weighted by Gasteiger charge is 2.17. The standard InChI is InChI=1S/C15H21BrN4O/c1-4-10-7-11(20(2)19-10)8-15(18-17)13-9-12(21-3)5-6-14(13)16/h5-7,9,15,18H,4,8,17H2,1-3H3. The maximum Gasteiger partial charge on any atom is 0.119 e. The number of rotatable bonds is 6. The summed E-state index contributed by atoms with van der Waals surface area (Å²) in [5.74, 6) is 6.57. The highest BCUT2D eigenvalue weighted by Crippen LogP contribution is 2.29. The molecule has 0 fully saturated rings. The summed E-state index contributed by atoms with van der Waals surface area (Å²) in [5.41, 5.74) is 6.19. The van der Waals surface area contributed by atoms with E-state index in [1.807, 2.05) is 29.9 Å². The van der Waals surface area contributed by atoms with Gasteiger partial charge in [0.1, 0.15) is 5.75 Å². The van der Waals surface area contributed by atoms with Gasteiger partial charge in [0.15, 0.2) is 0 Å². The minimum Gasteiger partial charge on any atom is -0.497 e. The van der Waals surface area contributed by atoms with Gasteiger partial charge in [0.05, 0.1) is 18.8 Å². The number of benzene rings is 1. The first-order valence-electron chi connectivity index (χ1n) is 6.90. The van der Waals surface area contributed by atoms with Crippen LogP contribution in [0.2, 0.25) is 0 Å². The Bertz CT molecular complexity index is 612. The summed E-state index contributed by atoms with van der Waals surface area (Å²) in [5, 5.41) is 4.48. The number of hydrogen-bond donors (Lipinski definition) is 2. The molecule has 1 atom stereocenters. The van der Waals surface area contributed by atoms with Gasteiger partial charge in [0.2, 0.25) is 0 Å². The maximum atomic E-state index is 5.76. The highest BCUT2D eigenvalue weighted by molar-refractivity contribution is 9.10. The van der Waals surface area contributed by atoms with E-state index in [0.717, 1.165) is 40.0 Å². The third-order valence-corrected chi connectivity index (χ3v) is 4.30. The summed E-state index contributed by atoms with van der Waals surface area (Å²) in [6.07, 6.45) is 1.68. The second-order valence-corrected chi connectivity index (χ2v) is 5.77. The number of aromatic nitrogens is 2. The first kappa shape index (κ1) is 16.0. The molecule has 2 rings (SSSR count). The molecular weight excluding hydrogens is 332 g/mol. The number of nitrogens with zero attached hydrogens (tertiary/aromatic N) is 2.